The van der Waals surface area contributed by atoms with E-state index in [1.807, 2.05) is 0 Å². The third-order valence-electron chi connectivity index (χ3n) is 4.05. The summed E-state index contributed by atoms with van der Waals surface area (Å²) in [5.41, 5.74) is 0. The first-order chi connectivity index (χ1) is 12.4. The summed E-state index contributed by atoms with van der Waals surface area (Å²) < 4.78 is 0. The minimum Gasteiger partial charge on any atom is -0.354 e. The molecule has 6 nitrogen and oxygen atoms in total. The van der Waals surface area contributed by atoms with Crippen LogP contribution in [0.25, 0.3) is 0 Å². The van der Waals surface area contributed by atoms with Gasteiger partial charge in [-0.2, -0.15) is 0 Å². The third-order valence-corrected chi connectivity index (χ3v) is 4.05. The second kappa shape index (κ2) is 15.6. The predicted molar refractivity (Wildman–Crippen MR) is 105 cm³/mol. The van der Waals surface area contributed by atoms with E-state index in [4.69, 9.17) is 0 Å². The zero-order valence-corrected chi connectivity index (χ0v) is 17.0. The molecule has 0 saturated carbocycles. The van der Waals surface area contributed by atoms with Crippen molar-refractivity contribution in [1.82, 2.24) is 16.0 Å². The number of nitrogens with one attached hydrogen (secondary N) is 3. The van der Waals surface area contributed by atoms with E-state index in [0.29, 0.717) is 12.3 Å². The molecule has 3 N–H and O–H groups in total. The van der Waals surface area contributed by atoms with Crippen LogP contribution in [0.2, 0.25) is 0 Å². The molecule has 1 atom stereocenters. The van der Waals surface area contributed by atoms with Gasteiger partial charge >= 0.3 is 0 Å². The minimum absolute atomic E-state index is 0.0967. The largest absolute Gasteiger partial charge is 0.354 e. The lowest BCUT2D eigenvalue weighted by molar-refractivity contribution is -0.129. The summed E-state index contributed by atoms with van der Waals surface area (Å²) in [6.07, 6.45) is 9.14. The highest BCUT2D eigenvalue weighted by Crippen LogP contribution is 2.08. The number of carbonyl (C=O) groups is 3. The van der Waals surface area contributed by atoms with Crippen LogP contribution in [0.1, 0.15) is 85.5 Å². The van der Waals surface area contributed by atoms with Gasteiger partial charge in [-0.05, 0) is 18.8 Å². The number of unbranched alkanes of at least 4 members (excludes halogenated alkanes) is 6. The molecule has 0 heterocycles. The standard InChI is InChI=1S/C20H38N3O3/c1-5-6-7-8-9-10-11-12-19(25)23-18(15-22-17(4)24)20(26)21-14-13-16(2)3/h14,16,18H,5-13,15H2,1-4H3,(H,21,26)(H,22,24)(H,23,25)/t18-/m0/s1. The molecule has 0 aromatic rings. The van der Waals surface area contributed by atoms with E-state index in [2.05, 4.69) is 36.7 Å². The molecule has 0 rings (SSSR count). The third kappa shape index (κ3) is 14.7. The molecule has 3 amide bonds. The number of amides is 3. The topological polar surface area (TPSA) is 87.3 Å². The van der Waals surface area contributed by atoms with Crippen LogP contribution in [-0.2, 0) is 14.4 Å². The van der Waals surface area contributed by atoms with E-state index in [1.165, 1.54) is 32.6 Å². The summed E-state index contributed by atoms with van der Waals surface area (Å²) in [4.78, 5) is 35.5. The quantitative estimate of drug-likeness (QED) is 0.388. The molecule has 26 heavy (non-hydrogen) atoms. The molecule has 0 spiro atoms. The molecule has 0 aliphatic carbocycles. The Morgan fingerprint density at radius 2 is 1.58 bits per heavy atom. The van der Waals surface area contributed by atoms with E-state index in [1.54, 1.807) is 6.54 Å². The van der Waals surface area contributed by atoms with Crippen molar-refractivity contribution < 1.29 is 14.4 Å². The van der Waals surface area contributed by atoms with Crippen molar-refractivity contribution in [2.75, 3.05) is 6.54 Å². The van der Waals surface area contributed by atoms with Gasteiger partial charge in [-0.3, -0.25) is 14.4 Å². The van der Waals surface area contributed by atoms with E-state index in [9.17, 15) is 14.4 Å². The van der Waals surface area contributed by atoms with Gasteiger partial charge in [0.25, 0.3) is 0 Å². The first kappa shape index (κ1) is 24.4. The van der Waals surface area contributed by atoms with E-state index < -0.39 is 6.04 Å². The van der Waals surface area contributed by atoms with Crippen molar-refractivity contribution in [2.24, 2.45) is 5.92 Å². The highest BCUT2D eigenvalue weighted by molar-refractivity contribution is 5.88. The summed E-state index contributed by atoms with van der Waals surface area (Å²) in [6, 6.07) is -0.751. The molecule has 0 aromatic heterocycles. The number of carbonyl (C=O) groups excluding carboxylic acids is 3. The molecule has 0 saturated heterocycles. The van der Waals surface area contributed by atoms with Gasteiger partial charge in [0.2, 0.25) is 17.7 Å². The molecule has 0 unspecified atom stereocenters. The molecule has 151 valence electrons. The van der Waals surface area contributed by atoms with Gasteiger partial charge in [-0.1, -0.05) is 59.3 Å². The van der Waals surface area contributed by atoms with Crippen molar-refractivity contribution in [3.05, 3.63) is 6.54 Å². The van der Waals surface area contributed by atoms with Crippen LogP contribution >= 0.6 is 0 Å². The van der Waals surface area contributed by atoms with Gasteiger partial charge in [-0.15, -0.1) is 0 Å². The smallest absolute Gasteiger partial charge is 0.244 e. The highest BCUT2D eigenvalue weighted by Gasteiger charge is 2.20. The fraction of sp³-hybridized carbons (Fsp3) is 0.800. The summed E-state index contributed by atoms with van der Waals surface area (Å²) in [6.45, 7) is 9.50. The lowest BCUT2D eigenvalue weighted by Gasteiger charge is -2.19. The van der Waals surface area contributed by atoms with Gasteiger partial charge < -0.3 is 16.0 Å². The average Bonchev–Trinajstić information content (AvgIpc) is 2.57. The van der Waals surface area contributed by atoms with Gasteiger partial charge in [0.1, 0.15) is 6.04 Å². The Bertz CT molecular complexity index is 411. The van der Waals surface area contributed by atoms with E-state index in [0.717, 1.165) is 25.7 Å². The van der Waals surface area contributed by atoms with Crippen LogP contribution < -0.4 is 16.0 Å². The number of hydrogen-bond acceptors (Lipinski definition) is 3. The van der Waals surface area contributed by atoms with E-state index >= 15 is 0 Å². The lowest BCUT2D eigenvalue weighted by Crippen LogP contribution is -2.52. The molecule has 0 fully saturated rings. The molecule has 0 bridgehead atoms. The minimum atomic E-state index is -0.751. The molecular formula is C20H38N3O3. The number of rotatable bonds is 15. The fourth-order valence-corrected chi connectivity index (χ4v) is 2.46. The molecule has 0 aromatic carbocycles. The lowest BCUT2D eigenvalue weighted by atomic mass is 10.1. The first-order valence-corrected chi connectivity index (χ1v) is 10.0. The maximum Gasteiger partial charge on any atom is 0.244 e. The van der Waals surface area contributed by atoms with Crippen molar-refractivity contribution in [3.63, 3.8) is 0 Å². The molecule has 0 aliphatic heterocycles. The van der Waals surface area contributed by atoms with Crippen LogP contribution in [0, 0.1) is 12.5 Å². The van der Waals surface area contributed by atoms with Crippen LogP contribution in [0.3, 0.4) is 0 Å². The second-order valence-corrected chi connectivity index (χ2v) is 7.27. The average molecular weight is 369 g/mol. The second-order valence-electron chi connectivity index (χ2n) is 7.27. The normalized spacial score (nSPS) is 11.9. The van der Waals surface area contributed by atoms with Crippen LogP contribution in [0.5, 0.6) is 0 Å². The predicted octanol–water partition coefficient (Wildman–Crippen LogP) is 3.07. The Morgan fingerprint density at radius 1 is 0.962 bits per heavy atom. The maximum atomic E-state index is 12.2. The fourth-order valence-electron chi connectivity index (χ4n) is 2.46. The van der Waals surface area contributed by atoms with Gasteiger partial charge in [0.05, 0.1) is 0 Å². The summed E-state index contributed by atoms with van der Waals surface area (Å²) in [5.74, 6) is -0.230. The number of hydrogen-bond donors (Lipinski definition) is 3. The molecule has 6 heteroatoms. The Kier molecular flexibility index (Phi) is 14.7. The van der Waals surface area contributed by atoms with Crippen molar-refractivity contribution in [3.8, 4) is 0 Å². The molecular weight excluding hydrogens is 330 g/mol. The highest BCUT2D eigenvalue weighted by atomic mass is 16.2. The summed E-state index contributed by atoms with van der Waals surface area (Å²) in [5, 5.41) is 8.04. The summed E-state index contributed by atoms with van der Waals surface area (Å²) in [7, 11) is 0. The van der Waals surface area contributed by atoms with E-state index in [-0.39, 0.29) is 24.3 Å². The maximum absolute atomic E-state index is 12.2. The van der Waals surface area contributed by atoms with Crippen LogP contribution in [0.15, 0.2) is 0 Å². The first-order valence-electron chi connectivity index (χ1n) is 10.0. The molecule has 0 aliphatic rings. The Hall–Kier alpha value is -1.59. The van der Waals surface area contributed by atoms with Gasteiger partial charge in [0.15, 0.2) is 0 Å². The zero-order valence-electron chi connectivity index (χ0n) is 17.0. The monoisotopic (exact) mass is 368 g/mol. The summed E-state index contributed by atoms with van der Waals surface area (Å²) >= 11 is 0. The Balaban J connectivity index is 4.19. The van der Waals surface area contributed by atoms with Crippen molar-refractivity contribution in [2.45, 2.75) is 91.5 Å². The molecule has 1 radical (unpaired) electrons. The SMILES string of the molecule is CCCCCCCCCC(=O)N[C@@H](CNC(C)=O)C(=O)N[CH]CC(C)C. The zero-order chi connectivity index (χ0) is 19.8. The Labute approximate surface area is 159 Å². The van der Waals surface area contributed by atoms with Crippen molar-refractivity contribution in [1.29, 1.82) is 0 Å². The van der Waals surface area contributed by atoms with Gasteiger partial charge in [-0.25, -0.2) is 0 Å². The van der Waals surface area contributed by atoms with Gasteiger partial charge in [0, 0.05) is 26.4 Å². The van der Waals surface area contributed by atoms with Crippen molar-refractivity contribution >= 4 is 17.7 Å². The van der Waals surface area contributed by atoms with Crippen LogP contribution in [-0.4, -0.2) is 30.3 Å². The Morgan fingerprint density at radius 3 is 2.15 bits per heavy atom. The van der Waals surface area contributed by atoms with Crippen LogP contribution in [0.4, 0.5) is 0 Å².